The van der Waals surface area contributed by atoms with Crippen molar-refractivity contribution in [3.63, 3.8) is 0 Å². The van der Waals surface area contributed by atoms with Crippen molar-refractivity contribution >= 4 is 11.7 Å². The van der Waals surface area contributed by atoms with Crippen LogP contribution >= 0.6 is 0 Å². The van der Waals surface area contributed by atoms with E-state index in [-0.39, 0.29) is 23.6 Å². The molecule has 0 radical (unpaired) electrons. The van der Waals surface area contributed by atoms with Gasteiger partial charge < -0.3 is 19.3 Å². The number of benzene rings is 1. The fourth-order valence-corrected chi connectivity index (χ4v) is 1.98. The summed E-state index contributed by atoms with van der Waals surface area (Å²) in [7, 11) is 0. The Kier molecular flexibility index (Phi) is 4.20. The molecule has 1 heterocycles. The molecule has 1 aliphatic rings. The van der Waals surface area contributed by atoms with E-state index in [4.69, 9.17) is 19.3 Å². The van der Waals surface area contributed by atoms with E-state index < -0.39 is 23.1 Å². The van der Waals surface area contributed by atoms with Crippen molar-refractivity contribution in [2.75, 3.05) is 6.61 Å². The van der Waals surface area contributed by atoms with Crippen molar-refractivity contribution in [2.24, 2.45) is 0 Å². The molecule has 1 aromatic rings. The van der Waals surface area contributed by atoms with Crippen molar-refractivity contribution in [2.45, 2.75) is 26.1 Å². The van der Waals surface area contributed by atoms with Crippen LogP contribution in [0, 0.1) is 10.1 Å². The average Bonchev–Trinajstić information content (AvgIpc) is 2.75. The number of rotatable bonds is 6. The Labute approximate surface area is 126 Å². The van der Waals surface area contributed by atoms with Crippen LogP contribution in [0.15, 0.2) is 30.2 Å². The van der Waals surface area contributed by atoms with Gasteiger partial charge in [0, 0.05) is 19.4 Å². The number of hydrogen-bond donors (Lipinski definition) is 1. The Bertz CT molecular complexity index is 636. The molecule has 8 nitrogen and oxygen atoms in total. The van der Waals surface area contributed by atoms with Gasteiger partial charge in [-0.05, 0) is 6.07 Å². The van der Waals surface area contributed by atoms with Gasteiger partial charge in [-0.1, -0.05) is 12.1 Å². The van der Waals surface area contributed by atoms with Gasteiger partial charge in [-0.15, -0.1) is 0 Å². The van der Waals surface area contributed by atoms with Crippen LogP contribution in [0.3, 0.4) is 0 Å². The predicted molar refractivity (Wildman–Crippen MR) is 74.3 cm³/mol. The fraction of sp³-hybridized carbons (Fsp3) is 0.357. The highest BCUT2D eigenvalue weighted by Gasteiger charge is 2.29. The zero-order valence-electron chi connectivity index (χ0n) is 12.1. The van der Waals surface area contributed by atoms with Gasteiger partial charge in [-0.25, -0.2) is 0 Å². The molecule has 0 amide bonds. The lowest BCUT2D eigenvalue weighted by Gasteiger charge is -2.18. The first-order valence-electron chi connectivity index (χ1n) is 6.45. The zero-order valence-corrected chi connectivity index (χ0v) is 12.1. The van der Waals surface area contributed by atoms with Crippen LogP contribution in [0.1, 0.15) is 19.4 Å². The summed E-state index contributed by atoms with van der Waals surface area (Å²) < 4.78 is 16.0. The topological polar surface area (TPSA) is 108 Å². The van der Waals surface area contributed by atoms with Gasteiger partial charge in [0.25, 0.3) is 0 Å². The molecule has 8 heteroatoms. The lowest BCUT2D eigenvalue weighted by molar-refractivity contribution is -0.386. The van der Waals surface area contributed by atoms with Crippen LogP contribution in [0.25, 0.3) is 0 Å². The number of carboxylic acid groups (broad SMARTS) is 1. The zero-order chi connectivity index (χ0) is 16.3. The van der Waals surface area contributed by atoms with Gasteiger partial charge in [-0.2, -0.15) is 0 Å². The third-order valence-corrected chi connectivity index (χ3v) is 2.83. The lowest BCUT2D eigenvalue weighted by atomic mass is 10.1. The van der Waals surface area contributed by atoms with E-state index in [0.717, 1.165) is 0 Å². The first-order chi connectivity index (χ1) is 10.3. The molecule has 0 saturated heterocycles. The summed E-state index contributed by atoms with van der Waals surface area (Å²) in [6.45, 7) is 3.37. The van der Waals surface area contributed by atoms with E-state index in [0.29, 0.717) is 5.76 Å². The van der Waals surface area contributed by atoms with Crippen LogP contribution in [-0.4, -0.2) is 28.4 Å². The molecule has 1 N–H and O–H groups in total. The van der Waals surface area contributed by atoms with Crippen LogP contribution in [0.5, 0.6) is 5.75 Å². The Morgan fingerprint density at radius 2 is 2.18 bits per heavy atom. The van der Waals surface area contributed by atoms with Gasteiger partial charge in [0.2, 0.25) is 5.79 Å². The molecular formula is C14H15NO7. The number of hydrogen-bond acceptors (Lipinski definition) is 6. The second-order valence-electron chi connectivity index (χ2n) is 5.08. The summed E-state index contributed by atoms with van der Waals surface area (Å²) in [5.41, 5.74) is -0.281. The number of nitrogens with zero attached hydrogens (tertiary/aromatic N) is 1. The van der Waals surface area contributed by atoms with Crippen molar-refractivity contribution in [1.82, 2.24) is 0 Å². The number of nitro groups is 1. The van der Waals surface area contributed by atoms with Crippen molar-refractivity contribution < 1.29 is 29.0 Å². The standard InChI is InChI=1S/C14H15NO7/c1-14(2)21-8-10(22-14)7-20-11-5-3-4-9(6-12(16)17)13(11)15(18)19/h3-5,8H,6-7H2,1-2H3,(H,16,17). The third-order valence-electron chi connectivity index (χ3n) is 2.83. The second kappa shape index (κ2) is 5.92. The summed E-state index contributed by atoms with van der Waals surface area (Å²) in [5, 5.41) is 20.0. The number of carboxylic acids is 1. The van der Waals surface area contributed by atoms with Crippen LogP contribution in [0.2, 0.25) is 0 Å². The maximum absolute atomic E-state index is 11.2. The van der Waals surface area contributed by atoms with E-state index in [2.05, 4.69) is 0 Å². The number of nitro benzene ring substituents is 1. The average molecular weight is 309 g/mol. The maximum atomic E-state index is 11.2. The summed E-state index contributed by atoms with van der Waals surface area (Å²) in [6, 6.07) is 4.30. The minimum atomic E-state index is -1.16. The minimum absolute atomic E-state index is 0.0158. The highest BCUT2D eigenvalue weighted by molar-refractivity contribution is 5.73. The molecule has 0 aliphatic carbocycles. The normalized spacial score (nSPS) is 15.5. The maximum Gasteiger partial charge on any atom is 0.314 e. The van der Waals surface area contributed by atoms with Gasteiger partial charge in [-0.3, -0.25) is 14.9 Å². The van der Waals surface area contributed by atoms with Gasteiger partial charge in [0.1, 0.15) is 12.9 Å². The Balaban J connectivity index is 2.17. The highest BCUT2D eigenvalue weighted by atomic mass is 16.7. The largest absolute Gasteiger partial charge is 0.481 e. The predicted octanol–water partition coefficient (Wildman–Crippen LogP) is 2.23. The summed E-state index contributed by atoms with van der Waals surface area (Å²) in [6.07, 6.45) is 0.926. The van der Waals surface area contributed by atoms with E-state index in [1.165, 1.54) is 24.5 Å². The molecule has 1 aromatic carbocycles. The van der Waals surface area contributed by atoms with Gasteiger partial charge >= 0.3 is 11.7 Å². The lowest BCUT2D eigenvalue weighted by Crippen LogP contribution is -2.21. The second-order valence-corrected chi connectivity index (χ2v) is 5.08. The first kappa shape index (κ1) is 15.6. The van der Waals surface area contributed by atoms with E-state index in [9.17, 15) is 14.9 Å². The summed E-state index contributed by atoms with van der Waals surface area (Å²) in [5.74, 6) is -1.58. The molecule has 0 unspecified atom stereocenters. The van der Waals surface area contributed by atoms with Gasteiger partial charge in [0.05, 0.1) is 11.3 Å². The molecule has 2 rings (SSSR count). The Morgan fingerprint density at radius 1 is 1.45 bits per heavy atom. The first-order valence-corrected chi connectivity index (χ1v) is 6.45. The van der Waals surface area contributed by atoms with E-state index >= 15 is 0 Å². The number of aliphatic carboxylic acids is 1. The molecule has 22 heavy (non-hydrogen) atoms. The molecule has 0 saturated carbocycles. The molecule has 0 bridgehead atoms. The van der Waals surface area contributed by atoms with Gasteiger partial charge in [0.15, 0.2) is 11.5 Å². The quantitative estimate of drug-likeness (QED) is 0.634. The number of para-hydroxylation sites is 1. The van der Waals surface area contributed by atoms with E-state index in [1.54, 1.807) is 13.8 Å². The molecule has 0 fully saturated rings. The molecule has 0 spiro atoms. The fourth-order valence-electron chi connectivity index (χ4n) is 1.98. The third kappa shape index (κ3) is 3.66. The highest BCUT2D eigenvalue weighted by Crippen LogP contribution is 2.32. The van der Waals surface area contributed by atoms with Crippen LogP contribution in [0.4, 0.5) is 5.69 Å². The summed E-state index contributed by atoms with van der Waals surface area (Å²) >= 11 is 0. The summed E-state index contributed by atoms with van der Waals surface area (Å²) in [4.78, 5) is 21.3. The smallest absolute Gasteiger partial charge is 0.314 e. The van der Waals surface area contributed by atoms with Crippen molar-refractivity contribution in [3.8, 4) is 5.75 Å². The van der Waals surface area contributed by atoms with Crippen LogP contribution in [-0.2, 0) is 20.7 Å². The van der Waals surface area contributed by atoms with Crippen molar-refractivity contribution in [3.05, 3.63) is 45.9 Å². The number of ether oxygens (including phenoxy) is 3. The molecule has 0 atom stereocenters. The molecule has 118 valence electrons. The van der Waals surface area contributed by atoms with Crippen molar-refractivity contribution in [1.29, 1.82) is 0 Å². The van der Waals surface area contributed by atoms with E-state index in [1.807, 2.05) is 0 Å². The SMILES string of the molecule is CC1(C)OC=C(COc2cccc(CC(=O)O)c2[N+](=O)[O-])O1. The molecular weight excluding hydrogens is 294 g/mol. The number of carbonyl (C=O) groups is 1. The van der Waals surface area contributed by atoms with Crippen LogP contribution < -0.4 is 4.74 Å². The molecule has 1 aliphatic heterocycles. The monoisotopic (exact) mass is 309 g/mol. The molecule has 0 aromatic heterocycles. The minimum Gasteiger partial charge on any atom is -0.481 e. The Morgan fingerprint density at radius 3 is 2.73 bits per heavy atom. The Hall–Kier alpha value is -2.77.